The normalized spacial score (nSPS) is 12.2. The highest BCUT2D eigenvalue weighted by Gasteiger charge is 2.10. The highest BCUT2D eigenvalue weighted by molar-refractivity contribution is 6.30. The number of hydrogen-bond acceptors (Lipinski definition) is 2. The number of carbonyl (C=O) groups excluding carboxylic acids is 1. The van der Waals surface area contributed by atoms with Gasteiger partial charge in [0.1, 0.15) is 0 Å². The summed E-state index contributed by atoms with van der Waals surface area (Å²) >= 11 is 5.76. The molecule has 0 aliphatic heterocycles. The maximum absolute atomic E-state index is 11.4. The van der Waals surface area contributed by atoms with Gasteiger partial charge in [-0.25, -0.2) is 0 Å². The maximum atomic E-state index is 11.4. The number of hydrogen-bond donors (Lipinski definition) is 2. The van der Waals surface area contributed by atoms with Gasteiger partial charge in [0.15, 0.2) is 0 Å². The molecule has 0 bridgehead atoms. The Labute approximate surface area is 88.2 Å². The minimum absolute atomic E-state index is 0.185. The van der Waals surface area contributed by atoms with E-state index >= 15 is 0 Å². The predicted molar refractivity (Wildman–Crippen MR) is 58.3 cm³/mol. The zero-order valence-electron chi connectivity index (χ0n) is 7.96. The molecule has 1 aromatic rings. The zero-order valence-corrected chi connectivity index (χ0v) is 8.71. The van der Waals surface area contributed by atoms with Gasteiger partial charge in [0.05, 0.1) is 6.04 Å². The number of benzene rings is 1. The van der Waals surface area contributed by atoms with Gasteiger partial charge in [-0.2, -0.15) is 0 Å². The largest absolute Gasteiger partial charge is 0.325 e. The quantitative estimate of drug-likeness (QED) is 0.806. The fraction of sp³-hybridized carbons (Fsp3) is 0.300. The van der Waals surface area contributed by atoms with Gasteiger partial charge in [0.2, 0.25) is 5.91 Å². The molecule has 0 aliphatic carbocycles. The summed E-state index contributed by atoms with van der Waals surface area (Å²) in [5, 5.41) is 3.28. The molecule has 3 N–H and O–H groups in total. The second-order valence-electron chi connectivity index (χ2n) is 3.01. The molecule has 0 heterocycles. The number of amides is 1. The lowest BCUT2D eigenvalue weighted by molar-refractivity contribution is -0.117. The van der Waals surface area contributed by atoms with Gasteiger partial charge in [-0.3, -0.25) is 4.79 Å². The van der Waals surface area contributed by atoms with Crippen molar-refractivity contribution < 1.29 is 4.79 Å². The molecule has 0 aromatic heterocycles. The number of nitrogens with one attached hydrogen (secondary N) is 1. The van der Waals surface area contributed by atoms with Crippen LogP contribution in [0.25, 0.3) is 0 Å². The third kappa shape index (κ3) is 3.01. The molecule has 0 spiro atoms. The Bertz CT molecular complexity index is 328. The van der Waals surface area contributed by atoms with E-state index in [1.807, 2.05) is 6.92 Å². The van der Waals surface area contributed by atoms with Gasteiger partial charge >= 0.3 is 0 Å². The monoisotopic (exact) mass is 212 g/mol. The molecule has 1 amide bonds. The van der Waals surface area contributed by atoms with Crippen molar-refractivity contribution in [3.8, 4) is 0 Å². The fourth-order valence-corrected chi connectivity index (χ4v) is 1.18. The molecule has 76 valence electrons. The van der Waals surface area contributed by atoms with E-state index in [2.05, 4.69) is 5.32 Å². The van der Waals surface area contributed by atoms with Crippen molar-refractivity contribution in [2.45, 2.75) is 19.4 Å². The van der Waals surface area contributed by atoms with Crippen molar-refractivity contribution in [3.63, 3.8) is 0 Å². The lowest BCUT2D eigenvalue weighted by atomic mass is 10.2. The van der Waals surface area contributed by atoms with Gasteiger partial charge in [0.25, 0.3) is 0 Å². The second kappa shape index (κ2) is 4.98. The van der Waals surface area contributed by atoms with E-state index in [0.717, 1.165) is 0 Å². The van der Waals surface area contributed by atoms with E-state index in [-0.39, 0.29) is 5.91 Å². The minimum atomic E-state index is -0.464. The molecular weight excluding hydrogens is 200 g/mol. The van der Waals surface area contributed by atoms with Crippen LogP contribution in [0.5, 0.6) is 0 Å². The van der Waals surface area contributed by atoms with E-state index < -0.39 is 6.04 Å². The van der Waals surface area contributed by atoms with E-state index in [1.54, 1.807) is 24.3 Å². The Morgan fingerprint density at radius 1 is 1.64 bits per heavy atom. The summed E-state index contributed by atoms with van der Waals surface area (Å²) in [7, 11) is 0. The van der Waals surface area contributed by atoms with E-state index in [0.29, 0.717) is 17.1 Å². The van der Waals surface area contributed by atoms with Crippen LogP contribution in [0.4, 0.5) is 5.69 Å². The van der Waals surface area contributed by atoms with Crippen LogP contribution in [0.3, 0.4) is 0 Å². The van der Waals surface area contributed by atoms with Crippen LogP contribution in [0.2, 0.25) is 5.02 Å². The Morgan fingerprint density at radius 3 is 2.93 bits per heavy atom. The van der Waals surface area contributed by atoms with Crippen LogP contribution >= 0.6 is 11.6 Å². The minimum Gasteiger partial charge on any atom is -0.325 e. The highest BCUT2D eigenvalue weighted by Crippen LogP contribution is 2.14. The molecule has 14 heavy (non-hydrogen) atoms. The van der Waals surface area contributed by atoms with Crippen molar-refractivity contribution in [3.05, 3.63) is 29.3 Å². The number of rotatable bonds is 3. The van der Waals surface area contributed by atoms with Gasteiger partial charge in [-0.15, -0.1) is 0 Å². The molecule has 0 unspecified atom stereocenters. The van der Waals surface area contributed by atoms with Crippen LogP contribution in [0.15, 0.2) is 24.3 Å². The number of carbonyl (C=O) groups is 1. The molecule has 1 aromatic carbocycles. The fourth-order valence-electron chi connectivity index (χ4n) is 0.987. The van der Waals surface area contributed by atoms with Crippen molar-refractivity contribution >= 4 is 23.2 Å². The van der Waals surface area contributed by atoms with E-state index in [4.69, 9.17) is 17.3 Å². The molecule has 3 nitrogen and oxygen atoms in total. The average molecular weight is 213 g/mol. The lowest BCUT2D eigenvalue weighted by Gasteiger charge is -2.09. The molecule has 0 saturated carbocycles. The Hall–Kier alpha value is -1.06. The first-order valence-electron chi connectivity index (χ1n) is 4.45. The Balaban J connectivity index is 2.65. The van der Waals surface area contributed by atoms with E-state index in [1.165, 1.54) is 0 Å². The van der Waals surface area contributed by atoms with Crippen molar-refractivity contribution in [2.24, 2.45) is 5.73 Å². The first kappa shape index (κ1) is 11.0. The summed E-state index contributed by atoms with van der Waals surface area (Å²) in [5.74, 6) is -0.185. The van der Waals surface area contributed by atoms with Crippen LogP contribution in [-0.4, -0.2) is 11.9 Å². The van der Waals surface area contributed by atoms with Gasteiger partial charge in [-0.1, -0.05) is 24.6 Å². The maximum Gasteiger partial charge on any atom is 0.241 e. The predicted octanol–water partition coefficient (Wildman–Crippen LogP) is 2.02. The molecular formula is C10H13ClN2O. The smallest absolute Gasteiger partial charge is 0.241 e. The molecule has 1 atom stereocenters. The summed E-state index contributed by atoms with van der Waals surface area (Å²) < 4.78 is 0. The summed E-state index contributed by atoms with van der Waals surface area (Å²) in [6.07, 6.45) is 0.617. The average Bonchev–Trinajstić information content (AvgIpc) is 2.16. The molecule has 0 aliphatic rings. The summed E-state index contributed by atoms with van der Waals surface area (Å²) in [6.45, 7) is 1.86. The van der Waals surface area contributed by atoms with Crippen LogP contribution < -0.4 is 11.1 Å². The van der Waals surface area contributed by atoms with Gasteiger partial charge in [0, 0.05) is 10.7 Å². The molecule has 0 radical (unpaired) electrons. The second-order valence-corrected chi connectivity index (χ2v) is 3.45. The summed E-state index contributed by atoms with van der Waals surface area (Å²) in [5.41, 5.74) is 6.23. The highest BCUT2D eigenvalue weighted by atomic mass is 35.5. The molecule has 0 saturated heterocycles. The van der Waals surface area contributed by atoms with Crippen LogP contribution in [0, 0.1) is 0 Å². The number of anilines is 1. The molecule has 4 heteroatoms. The van der Waals surface area contributed by atoms with Crippen molar-refractivity contribution in [1.82, 2.24) is 0 Å². The molecule has 1 rings (SSSR count). The van der Waals surface area contributed by atoms with Crippen molar-refractivity contribution in [1.29, 1.82) is 0 Å². The van der Waals surface area contributed by atoms with Crippen LogP contribution in [0.1, 0.15) is 13.3 Å². The topological polar surface area (TPSA) is 55.1 Å². The van der Waals surface area contributed by atoms with Gasteiger partial charge in [-0.05, 0) is 24.6 Å². The first-order valence-corrected chi connectivity index (χ1v) is 4.83. The summed E-state index contributed by atoms with van der Waals surface area (Å²) in [6, 6.07) is 6.51. The Morgan fingerprint density at radius 2 is 2.36 bits per heavy atom. The lowest BCUT2D eigenvalue weighted by Crippen LogP contribution is -2.34. The SMILES string of the molecule is CC[C@H](N)C(=O)Nc1cccc(Cl)c1. The van der Waals surface area contributed by atoms with E-state index in [9.17, 15) is 4.79 Å². The third-order valence-electron chi connectivity index (χ3n) is 1.87. The van der Waals surface area contributed by atoms with Crippen molar-refractivity contribution in [2.75, 3.05) is 5.32 Å². The zero-order chi connectivity index (χ0) is 10.6. The van der Waals surface area contributed by atoms with Crippen LogP contribution in [-0.2, 0) is 4.79 Å². The number of halogens is 1. The third-order valence-corrected chi connectivity index (χ3v) is 2.10. The molecule has 0 fully saturated rings. The Kier molecular flexibility index (Phi) is 3.92. The van der Waals surface area contributed by atoms with Gasteiger partial charge < -0.3 is 11.1 Å². The standard InChI is InChI=1S/C10H13ClN2O/c1-2-9(12)10(14)13-8-5-3-4-7(11)6-8/h3-6,9H,2,12H2,1H3,(H,13,14)/t9-/m0/s1. The number of nitrogens with two attached hydrogens (primary N) is 1. The first-order chi connectivity index (χ1) is 6.63. The summed E-state index contributed by atoms with van der Waals surface area (Å²) in [4.78, 5) is 11.4.